The second-order valence-electron chi connectivity index (χ2n) is 15.4. The lowest BCUT2D eigenvalue weighted by atomic mass is 9.81. The van der Waals surface area contributed by atoms with Gasteiger partial charge >= 0.3 is 0 Å². The van der Waals surface area contributed by atoms with Crippen LogP contribution in [0, 0.1) is 0 Å². The molecule has 0 radical (unpaired) electrons. The van der Waals surface area contributed by atoms with E-state index in [1.807, 2.05) is 11.3 Å². The minimum absolute atomic E-state index is 0.135. The van der Waals surface area contributed by atoms with Gasteiger partial charge in [0, 0.05) is 43.4 Å². The monoisotopic (exact) mass is 759 g/mol. The molecular formula is C55H37NOS. The highest BCUT2D eigenvalue weighted by Crippen LogP contribution is 2.55. The molecule has 0 N–H and O–H groups in total. The molecule has 11 aromatic rings. The van der Waals surface area contributed by atoms with E-state index in [1.54, 1.807) is 0 Å². The Kier molecular flexibility index (Phi) is 7.64. The average molecular weight is 760 g/mol. The van der Waals surface area contributed by atoms with Crippen LogP contribution in [-0.2, 0) is 6.42 Å². The summed E-state index contributed by atoms with van der Waals surface area (Å²) in [5.41, 5.74) is 14.5. The van der Waals surface area contributed by atoms with E-state index in [0.29, 0.717) is 0 Å². The van der Waals surface area contributed by atoms with Crippen LogP contribution >= 0.6 is 11.3 Å². The van der Waals surface area contributed by atoms with Gasteiger partial charge in [-0.2, -0.15) is 0 Å². The highest BCUT2D eigenvalue weighted by atomic mass is 32.1. The van der Waals surface area contributed by atoms with Gasteiger partial charge in [-0.3, -0.25) is 0 Å². The van der Waals surface area contributed by atoms with Crippen LogP contribution in [0.1, 0.15) is 29.0 Å². The van der Waals surface area contributed by atoms with Crippen molar-refractivity contribution < 1.29 is 4.42 Å². The largest absolute Gasteiger partial charge is 0.456 e. The first-order valence-corrected chi connectivity index (χ1v) is 21.0. The highest BCUT2D eigenvalue weighted by molar-refractivity contribution is 7.26. The van der Waals surface area contributed by atoms with Crippen LogP contribution in [0.2, 0.25) is 0 Å². The van der Waals surface area contributed by atoms with Crippen LogP contribution in [0.5, 0.6) is 0 Å². The van der Waals surface area contributed by atoms with Gasteiger partial charge in [-0.05, 0) is 99.5 Å². The lowest BCUT2D eigenvalue weighted by molar-refractivity contribution is 0.667. The molecule has 2 aromatic heterocycles. The molecule has 0 bridgehead atoms. The van der Waals surface area contributed by atoms with E-state index in [9.17, 15) is 0 Å². The molecule has 9 aromatic carbocycles. The SMILES string of the molecule is c1ccc(C2CCc3cc4oc5ccccc5c4c(-c4cccc5ccccc45)c3-c3cccc(N(c4ccccc4)c4cccc5c4sc4ccccc45)c32)cc1. The summed E-state index contributed by atoms with van der Waals surface area (Å²) < 4.78 is 9.36. The molecule has 1 unspecified atom stereocenters. The number of hydrogen-bond acceptors (Lipinski definition) is 3. The van der Waals surface area contributed by atoms with Crippen molar-refractivity contribution in [2.24, 2.45) is 0 Å². The van der Waals surface area contributed by atoms with Gasteiger partial charge in [0.2, 0.25) is 0 Å². The summed E-state index contributed by atoms with van der Waals surface area (Å²) in [5, 5.41) is 7.39. The third-order valence-corrected chi connectivity index (χ3v) is 13.5. The topological polar surface area (TPSA) is 16.4 Å². The maximum atomic E-state index is 6.77. The molecule has 0 fully saturated rings. The van der Waals surface area contributed by atoms with E-state index in [4.69, 9.17) is 4.42 Å². The van der Waals surface area contributed by atoms with Gasteiger partial charge in [-0.25, -0.2) is 0 Å². The van der Waals surface area contributed by atoms with Crippen molar-refractivity contribution in [2.75, 3.05) is 4.90 Å². The molecule has 2 nitrogen and oxygen atoms in total. The molecule has 0 amide bonds. The molecule has 3 heteroatoms. The number of rotatable bonds is 5. The maximum absolute atomic E-state index is 6.77. The van der Waals surface area contributed by atoms with E-state index in [0.717, 1.165) is 35.1 Å². The molecule has 0 saturated carbocycles. The maximum Gasteiger partial charge on any atom is 0.136 e. The number of hydrogen-bond donors (Lipinski definition) is 0. The van der Waals surface area contributed by atoms with Crippen LogP contribution in [0.3, 0.4) is 0 Å². The van der Waals surface area contributed by atoms with Crippen molar-refractivity contribution in [3.8, 4) is 22.3 Å². The Hall–Kier alpha value is -6.94. The molecule has 12 rings (SSSR count). The summed E-state index contributed by atoms with van der Waals surface area (Å²) >= 11 is 1.89. The summed E-state index contributed by atoms with van der Waals surface area (Å²) in [6, 6.07) is 71.3. The first kappa shape index (κ1) is 33.2. The van der Waals surface area contributed by atoms with E-state index >= 15 is 0 Å². The standard InChI is InChI=1S/C55H37NOS/c1-3-16-36(17-4-1)40-33-32-37-34-49-53(44-24-9-11-30-48(44)57-49)54(42-25-13-19-35-18-7-8-22-39(35)42)51(37)45-27-15-28-46(52(40)45)56(38-20-5-2-6-21-38)47-29-14-26-43-41-23-10-12-31-50(41)58-55(43)47/h1-31,34,40H,32-33H2. The molecule has 1 aliphatic rings. The predicted octanol–water partition coefficient (Wildman–Crippen LogP) is 16.0. The predicted molar refractivity (Wildman–Crippen MR) is 246 cm³/mol. The third kappa shape index (κ3) is 5.10. The van der Waals surface area contributed by atoms with Gasteiger partial charge in [-0.1, -0.05) is 152 Å². The molecule has 2 heterocycles. The number of aryl methyl sites for hydroxylation is 1. The summed E-state index contributed by atoms with van der Waals surface area (Å²) in [6.07, 6.45) is 1.86. The number of fused-ring (bicyclic) bond motifs is 10. The highest BCUT2D eigenvalue weighted by Gasteiger charge is 2.33. The van der Waals surface area contributed by atoms with Gasteiger partial charge in [0.05, 0.1) is 16.1 Å². The Morgan fingerprint density at radius 1 is 0.500 bits per heavy atom. The second-order valence-corrected chi connectivity index (χ2v) is 16.5. The normalized spacial score (nSPS) is 13.9. The van der Waals surface area contributed by atoms with Crippen LogP contribution in [0.15, 0.2) is 199 Å². The van der Waals surface area contributed by atoms with E-state index < -0.39 is 0 Å². The second kappa shape index (κ2) is 13.3. The molecule has 1 aliphatic carbocycles. The van der Waals surface area contributed by atoms with Crippen molar-refractivity contribution >= 4 is 81.3 Å². The van der Waals surface area contributed by atoms with Crippen molar-refractivity contribution in [2.45, 2.75) is 18.8 Å². The molecule has 1 atom stereocenters. The number of furan rings is 1. The fraction of sp³-hybridized carbons (Fsp3) is 0.0545. The minimum atomic E-state index is 0.135. The van der Waals surface area contributed by atoms with E-state index in [-0.39, 0.29) is 5.92 Å². The van der Waals surface area contributed by atoms with Gasteiger partial charge in [-0.15, -0.1) is 11.3 Å². The Balaban J connectivity index is 1.23. The number of para-hydroxylation sites is 2. The summed E-state index contributed by atoms with van der Waals surface area (Å²) in [6.45, 7) is 0. The van der Waals surface area contributed by atoms with E-state index in [2.05, 4.69) is 199 Å². The fourth-order valence-electron chi connectivity index (χ4n) is 9.85. The van der Waals surface area contributed by atoms with E-state index in [1.165, 1.54) is 86.6 Å². The van der Waals surface area contributed by atoms with Crippen molar-refractivity contribution in [3.63, 3.8) is 0 Å². The molecular weight excluding hydrogens is 723 g/mol. The number of benzene rings is 9. The molecule has 274 valence electrons. The zero-order chi connectivity index (χ0) is 38.2. The number of anilines is 3. The molecule has 58 heavy (non-hydrogen) atoms. The zero-order valence-electron chi connectivity index (χ0n) is 31.7. The van der Waals surface area contributed by atoms with Gasteiger partial charge in [0.1, 0.15) is 11.2 Å². The van der Waals surface area contributed by atoms with Crippen LogP contribution in [0.4, 0.5) is 17.1 Å². The molecule has 0 aliphatic heterocycles. The lowest BCUT2D eigenvalue weighted by Gasteiger charge is -2.32. The Bertz CT molecular complexity index is 3350. The van der Waals surface area contributed by atoms with Gasteiger partial charge in [0.25, 0.3) is 0 Å². The van der Waals surface area contributed by atoms with Crippen molar-refractivity contribution in [3.05, 3.63) is 211 Å². The first-order chi connectivity index (χ1) is 28.8. The number of nitrogens with zero attached hydrogens (tertiary/aromatic N) is 1. The summed E-state index contributed by atoms with van der Waals surface area (Å²) in [7, 11) is 0. The van der Waals surface area contributed by atoms with Crippen LogP contribution < -0.4 is 4.90 Å². The lowest BCUT2D eigenvalue weighted by Crippen LogP contribution is -2.15. The minimum Gasteiger partial charge on any atom is -0.456 e. The third-order valence-electron chi connectivity index (χ3n) is 12.3. The Morgan fingerprint density at radius 2 is 1.16 bits per heavy atom. The molecule has 0 spiro atoms. The van der Waals surface area contributed by atoms with Gasteiger partial charge in [0.15, 0.2) is 0 Å². The zero-order valence-corrected chi connectivity index (χ0v) is 32.5. The summed E-state index contributed by atoms with van der Waals surface area (Å²) in [5.74, 6) is 0.135. The van der Waals surface area contributed by atoms with Crippen molar-refractivity contribution in [1.82, 2.24) is 0 Å². The smallest absolute Gasteiger partial charge is 0.136 e. The van der Waals surface area contributed by atoms with Crippen LogP contribution in [-0.4, -0.2) is 0 Å². The van der Waals surface area contributed by atoms with Crippen LogP contribution in [0.25, 0.3) is 75.1 Å². The summed E-state index contributed by atoms with van der Waals surface area (Å²) in [4.78, 5) is 2.54. The first-order valence-electron chi connectivity index (χ1n) is 20.2. The molecule has 0 saturated heterocycles. The fourth-order valence-corrected chi connectivity index (χ4v) is 11.1. The average Bonchev–Trinajstić information content (AvgIpc) is 3.80. The Labute approximate surface area is 340 Å². The van der Waals surface area contributed by atoms with Crippen molar-refractivity contribution in [1.29, 1.82) is 0 Å². The quantitative estimate of drug-likeness (QED) is 0.174. The Morgan fingerprint density at radius 3 is 2.03 bits per heavy atom. The van der Waals surface area contributed by atoms with Gasteiger partial charge < -0.3 is 9.32 Å². The number of thiophene rings is 1.